The number of benzene rings is 2. The molecule has 5 rings (SSSR count). The molecule has 2 aromatic carbocycles. The maximum Gasteiger partial charge on any atom is 0.324 e. The summed E-state index contributed by atoms with van der Waals surface area (Å²) in [4.78, 5) is 42.5. The van der Waals surface area contributed by atoms with Gasteiger partial charge in [0.25, 0.3) is 5.91 Å². The van der Waals surface area contributed by atoms with E-state index in [4.69, 9.17) is 0 Å². The molecular formula is C25H26N4O3. The molecule has 2 atom stereocenters. The van der Waals surface area contributed by atoms with E-state index in [1.807, 2.05) is 48.5 Å². The summed E-state index contributed by atoms with van der Waals surface area (Å²) in [6, 6.07) is 16.5. The summed E-state index contributed by atoms with van der Waals surface area (Å²) in [5, 5.41) is 6.95. The van der Waals surface area contributed by atoms with Crippen LogP contribution in [0.5, 0.6) is 0 Å². The highest BCUT2D eigenvalue weighted by Gasteiger charge is 2.39. The number of aryl methyl sites for hydroxylation is 1. The first kappa shape index (κ1) is 20.3. The fraction of sp³-hybridized carbons (Fsp3) is 0.320. The summed E-state index contributed by atoms with van der Waals surface area (Å²) < 4.78 is 0. The van der Waals surface area contributed by atoms with Gasteiger partial charge in [-0.1, -0.05) is 48.5 Å². The van der Waals surface area contributed by atoms with Crippen molar-refractivity contribution < 1.29 is 14.4 Å². The number of nitrogens with one attached hydrogen (secondary N) is 3. The molecule has 164 valence electrons. The van der Waals surface area contributed by atoms with Crippen LogP contribution in [-0.2, 0) is 22.4 Å². The third-order valence-corrected chi connectivity index (χ3v) is 6.41. The van der Waals surface area contributed by atoms with Gasteiger partial charge in [0.1, 0.15) is 6.04 Å². The van der Waals surface area contributed by atoms with E-state index < -0.39 is 12.1 Å². The lowest BCUT2D eigenvalue weighted by Gasteiger charge is -2.24. The number of aromatic amines is 1. The number of nitrogens with zero attached hydrogens (tertiary/aromatic N) is 1. The van der Waals surface area contributed by atoms with Gasteiger partial charge in [-0.2, -0.15) is 0 Å². The lowest BCUT2D eigenvalue weighted by molar-refractivity contribution is -0.131. The number of H-pyrrole nitrogens is 1. The van der Waals surface area contributed by atoms with Crippen molar-refractivity contribution >= 4 is 28.7 Å². The van der Waals surface area contributed by atoms with Gasteiger partial charge in [0.15, 0.2) is 0 Å². The van der Waals surface area contributed by atoms with Crippen LogP contribution in [0.15, 0.2) is 54.6 Å². The van der Waals surface area contributed by atoms with Crippen molar-refractivity contribution in [2.45, 2.75) is 44.2 Å². The largest absolute Gasteiger partial charge is 0.356 e. The van der Waals surface area contributed by atoms with Crippen LogP contribution in [0.3, 0.4) is 0 Å². The number of aromatic nitrogens is 1. The van der Waals surface area contributed by atoms with E-state index in [1.165, 1.54) is 15.8 Å². The third kappa shape index (κ3) is 3.86. The van der Waals surface area contributed by atoms with Crippen molar-refractivity contribution in [3.63, 3.8) is 0 Å². The molecule has 7 heteroatoms. The minimum atomic E-state index is -0.816. The van der Waals surface area contributed by atoms with Gasteiger partial charge in [-0.05, 0) is 42.9 Å². The van der Waals surface area contributed by atoms with E-state index in [1.54, 1.807) is 0 Å². The zero-order valence-electron chi connectivity index (χ0n) is 17.8. The topological polar surface area (TPSA) is 94.3 Å². The Kier molecular flexibility index (Phi) is 5.39. The number of imide groups is 1. The van der Waals surface area contributed by atoms with Crippen molar-refractivity contribution in [1.82, 2.24) is 20.5 Å². The Balaban J connectivity index is 1.21. The van der Waals surface area contributed by atoms with Crippen molar-refractivity contribution in [2.24, 2.45) is 0 Å². The van der Waals surface area contributed by atoms with Gasteiger partial charge >= 0.3 is 6.03 Å². The number of hydrogen-bond donors (Lipinski definition) is 3. The number of hydrogen-bond acceptors (Lipinski definition) is 3. The molecular weight excluding hydrogens is 404 g/mol. The predicted octanol–water partition coefficient (Wildman–Crippen LogP) is 3.21. The van der Waals surface area contributed by atoms with Crippen LogP contribution in [-0.4, -0.2) is 40.3 Å². The highest BCUT2D eigenvalue weighted by atomic mass is 16.2. The molecule has 0 bridgehead atoms. The molecule has 0 radical (unpaired) electrons. The Morgan fingerprint density at radius 2 is 1.84 bits per heavy atom. The highest BCUT2D eigenvalue weighted by molar-refractivity contribution is 6.05. The Bertz CT molecular complexity index is 1170. The van der Waals surface area contributed by atoms with Gasteiger partial charge in [-0.3, -0.25) is 14.5 Å². The quantitative estimate of drug-likeness (QED) is 0.524. The molecule has 1 aromatic heterocycles. The molecule has 1 saturated heterocycles. The minimum Gasteiger partial charge on any atom is -0.356 e. The Hall–Kier alpha value is -3.61. The molecule has 1 aliphatic carbocycles. The SMILES string of the molecule is O=C(C[C@@H]1NC(=O)N(CCc2ccccc2)C1=O)NC1CCCc2c1[nH]c1ccccc21. The maximum atomic E-state index is 12.8. The van der Waals surface area contributed by atoms with Crippen LogP contribution in [0.2, 0.25) is 0 Å². The van der Waals surface area contributed by atoms with E-state index in [2.05, 4.69) is 21.7 Å². The number of para-hydroxylation sites is 1. The summed E-state index contributed by atoms with van der Waals surface area (Å²) in [7, 11) is 0. The monoisotopic (exact) mass is 430 g/mol. The second-order valence-electron chi connectivity index (χ2n) is 8.51. The molecule has 0 saturated carbocycles. The zero-order valence-corrected chi connectivity index (χ0v) is 17.8. The number of rotatable bonds is 6. The molecule has 4 amide bonds. The third-order valence-electron chi connectivity index (χ3n) is 6.41. The predicted molar refractivity (Wildman–Crippen MR) is 121 cm³/mol. The molecule has 0 spiro atoms. The lowest BCUT2D eigenvalue weighted by atomic mass is 9.91. The smallest absolute Gasteiger partial charge is 0.324 e. The first-order valence-corrected chi connectivity index (χ1v) is 11.1. The number of amides is 4. The Morgan fingerprint density at radius 3 is 2.69 bits per heavy atom. The van der Waals surface area contributed by atoms with Gasteiger partial charge in [0.2, 0.25) is 5.91 Å². The molecule has 1 unspecified atom stereocenters. The molecule has 3 aromatic rings. The van der Waals surface area contributed by atoms with E-state index in [-0.39, 0.29) is 24.3 Å². The Labute approximate surface area is 186 Å². The molecule has 3 N–H and O–H groups in total. The van der Waals surface area contributed by atoms with Crippen LogP contribution in [0, 0.1) is 0 Å². The molecule has 2 aliphatic rings. The number of urea groups is 1. The molecule has 1 fully saturated rings. The first-order chi connectivity index (χ1) is 15.6. The molecule has 2 heterocycles. The normalized spacial score (nSPS) is 20.3. The van der Waals surface area contributed by atoms with Gasteiger partial charge in [0, 0.05) is 23.1 Å². The highest BCUT2D eigenvalue weighted by Crippen LogP contribution is 2.34. The second kappa shape index (κ2) is 8.49. The van der Waals surface area contributed by atoms with E-state index >= 15 is 0 Å². The fourth-order valence-electron chi connectivity index (χ4n) is 4.81. The Morgan fingerprint density at radius 1 is 1.06 bits per heavy atom. The van der Waals surface area contributed by atoms with Crippen LogP contribution >= 0.6 is 0 Å². The average Bonchev–Trinajstić information content (AvgIpc) is 3.31. The van der Waals surface area contributed by atoms with Crippen molar-refractivity contribution in [1.29, 1.82) is 0 Å². The average molecular weight is 431 g/mol. The first-order valence-electron chi connectivity index (χ1n) is 11.1. The lowest BCUT2D eigenvalue weighted by Crippen LogP contribution is -2.38. The minimum absolute atomic E-state index is 0.0571. The van der Waals surface area contributed by atoms with E-state index in [9.17, 15) is 14.4 Å². The molecule has 7 nitrogen and oxygen atoms in total. The number of carbonyl (C=O) groups excluding carboxylic acids is 3. The summed E-state index contributed by atoms with van der Waals surface area (Å²) in [5.74, 6) is -0.568. The molecule has 1 aliphatic heterocycles. The van der Waals surface area contributed by atoms with Gasteiger partial charge in [-0.15, -0.1) is 0 Å². The summed E-state index contributed by atoms with van der Waals surface area (Å²) >= 11 is 0. The maximum absolute atomic E-state index is 12.8. The van der Waals surface area contributed by atoms with Crippen molar-refractivity contribution in [3.05, 3.63) is 71.4 Å². The van der Waals surface area contributed by atoms with Crippen LogP contribution in [0.4, 0.5) is 4.79 Å². The van der Waals surface area contributed by atoms with E-state index in [0.717, 1.165) is 36.0 Å². The summed E-state index contributed by atoms with van der Waals surface area (Å²) in [6.07, 6.45) is 3.35. The van der Waals surface area contributed by atoms with Crippen molar-refractivity contribution in [2.75, 3.05) is 6.54 Å². The van der Waals surface area contributed by atoms with E-state index in [0.29, 0.717) is 13.0 Å². The van der Waals surface area contributed by atoms with Gasteiger partial charge in [0.05, 0.1) is 12.5 Å². The van der Waals surface area contributed by atoms with Crippen molar-refractivity contribution in [3.8, 4) is 0 Å². The standard InChI is InChI=1S/C25H26N4O3/c30-22(26-20-12-6-10-18-17-9-4-5-11-19(17)27-23(18)20)15-21-24(31)29(25(32)28-21)14-13-16-7-2-1-3-8-16/h1-5,7-9,11,20-21,27H,6,10,12-15H2,(H,26,30)(H,28,32)/t20?,21-/m0/s1. The van der Waals surface area contributed by atoms with Crippen LogP contribution in [0.1, 0.15) is 42.1 Å². The van der Waals surface area contributed by atoms with Crippen LogP contribution < -0.4 is 10.6 Å². The zero-order chi connectivity index (χ0) is 22.1. The summed E-state index contributed by atoms with van der Waals surface area (Å²) in [6.45, 7) is 0.299. The summed E-state index contributed by atoms with van der Waals surface area (Å²) in [5.41, 5.74) is 4.44. The van der Waals surface area contributed by atoms with Crippen LogP contribution in [0.25, 0.3) is 10.9 Å². The second-order valence-corrected chi connectivity index (χ2v) is 8.51. The number of carbonyl (C=O) groups is 3. The molecule has 32 heavy (non-hydrogen) atoms. The fourth-order valence-corrected chi connectivity index (χ4v) is 4.81. The number of fused-ring (bicyclic) bond motifs is 3. The van der Waals surface area contributed by atoms with Gasteiger partial charge < -0.3 is 15.6 Å². The van der Waals surface area contributed by atoms with Gasteiger partial charge in [-0.25, -0.2) is 4.79 Å².